The van der Waals surface area contributed by atoms with Crippen LogP contribution in [0.3, 0.4) is 0 Å². The summed E-state index contributed by atoms with van der Waals surface area (Å²) in [4.78, 5) is 9.02. The normalized spacial score (nSPS) is 21.9. The van der Waals surface area contributed by atoms with E-state index >= 15 is 0 Å². The van der Waals surface area contributed by atoms with Crippen molar-refractivity contribution < 1.29 is 8.78 Å². The first kappa shape index (κ1) is 20.8. The van der Waals surface area contributed by atoms with Gasteiger partial charge in [-0.15, -0.1) is 0 Å². The Morgan fingerprint density at radius 1 is 1.14 bits per heavy atom. The lowest BCUT2D eigenvalue weighted by atomic mass is 10.1. The lowest BCUT2D eigenvalue weighted by molar-refractivity contribution is 0.206. The van der Waals surface area contributed by atoms with Gasteiger partial charge in [0.15, 0.2) is 17.6 Å². The van der Waals surface area contributed by atoms with Crippen LogP contribution in [-0.2, 0) is 0 Å². The third-order valence-electron chi connectivity index (χ3n) is 5.80. The molecule has 2 heterocycles. The fourth-order valence-electron chi connectivity index (χ4n) is 4.16. The molecule has 28 heavy (non-hydrogen) atoms. The second-order valence-electron chi connectivity index (χ2n) is 7.91. The molecule has 0 radical (unpaired) electrons. The molecule has 0 saturated carbocycles. The summed E-state index contributed by atoms with van der Waals surface area (Å²) in [5.41, 5.74) is 0.753. The van der Waals surface area contributed by atoms with Crippen LogP contribution in [-0.4, -0.2) is 63.2 Å². The van der Waals surface area contributed by atoms with Gasteiger partial charge in [0, 0.05) is 57.6 Å². The van der Waals surface area contributed by atoms with Crippen molar-refractivity contribution in [2.24, 2.45) is 10.9 Å². The Balaban J connectivity index is 1.41. The molecule has 1 atom stereocenters. The van der Waals surface area contributed by atoms with Crippen molar-refractivity contribution in [3.05, 3.63) is 29.8 Å². The summed E-state index contributed by atoms with van der Waals surface area (Å²) in [5, 5.41) is 7.01. The van der Waals surface area contributed by atoms with Crippen LogP contribution in [0.15, 0.2) is 23.2 Å². The number of anilines is 1. The molecule has 0 spiro atoms. The molecule has 2 aliphatic rings. The Morgan fingerprint density at radius 2 is 1.93 bits per heavy atom. The molecular formula is C21H33F2N5. The summed E-state index contributed by atoms with van der Waals surface area (Å²) in [6, 6.07) is 4.62. The van der Waals surface area contributed by atoms with Crippen molar-refractivity contribution in [2.45, 2.75) is 38.6 Å². The van der Waals surface area contributed by atoms with Crippen LogP contribution >= 0.6 is 0 Å². The minimum absolute atomic E-state index is 0.457. The standard InChI is InChI=1S/C21H33F2N5/c1-3-9-27-10-7-17(8-11-27)26-21(24-2)25-14-16-6-12-28(15-16)18-4-5-19(22)20(23)13-18/h4-5,13,16-17H,3,6-12,14-15H2,1-2H3,(H2,24,25,26). The van der Waals surface area contributed by atoms with E-state index in [-0.39, 0.29) is 0 Å². The zero-order valence-corrected chi connectivity index (χ0v) is 17.1. The molecule has 1 aromatic rings. The van der Waals surface area contributed by atoms with Crippen LogP contribution < -0.4 is 15.5 Å². The molecule has 3 rings (SSSR count). The molecule has 2 fully saturated rings. The molecule has 2 saturated heterocycles. The highest BCUT2D eigenvalue weighted by atomic mass is 19.2. The van der Waals surface area contributed by atoms with Gasteiger partial charge in [0.2, 0.25) is 0 Å². The molecule has 156 valence electrons. The van der Waals surface area contributed by atoms with Crippen LogP contribution in [0, 0.1) is 17.6 Å². The second-order valence-corrected chi connectivity index (χ2v) is 7.91. The first-order valence-electron chi connectivity index (χ1n) is 10.5. The predicted octanol–water partition coefficient (Wildman–Crippen LogP) is 2.83. The van der Waals surface area contributed by atoms with E-state index in [0.717, 1.165) is 63.6 Å². The molecule has 2 aliphatic heterocycles. The molecule has 0 bridgehead atoms. The monoisotopic (exact) mass is 393 g/mol. The van der Waals surface area contributed by atoms with Crippen molar-refractivity contribution in [2.75, 3.05) is 51.2 Å². The maximum absolute atomic E-state index is 13.5. The van der Waals surface area contributed by atoms with Gasteiger partial charge in [-0.25, -0.2) is 8.78 Å². The SMILES string of the molecule is CCCN1CCC(NC(=NC)NCC2CCN(c3ccc(F)c(F)c3)C2)CC1. The number of aliphatic imine (C=N–C) groups is 1. The van der Waals surface area contributed by atoms with Crippen molar-refractivity contribution in [3.8, 4) is 0 Å². The Kier molecular flexibility index (Phi) is 7.48. The zero-order chi connectivity index (χ0) is 19.9. The first-order valence-corrected chi connectivity index (χ1v) is 10.5. The highest BCUT2D eigenvalue weighted by Gasteiger charge is 2.24. The Morgan fingerprint density at radius 3 is 2.61 bits per heavy atom. The molecule has 1 aromatic carbocycles. The lowest BCUT2D eigenvalue weighted by Gasteiger charge is -2.33. The van der Waals surface area contributed by atoms with Crippen molar-refractivity contribution in [1.29, 1.82) is 0 Å². The van der Waals surface area contributed by atoms with Crippen molar-refractivity contribution in [1.82, 2.24) is 15.5 Å². The largest absolute Gasteiger partial charge is 0.371 e. The van der Waals surface area contributed by atoms with Crippen LogP contribution in [0.5, 0.6) is 0 Å². The molecule has 0 aliphatic carbocycles. The number of piperidine rings is 1. The van der Waals surface area contributed by atoms with E-state index in [0.29, 0.717) is 12.0 Å². The van der Waals surface area contributed by atoms with Gasteiger partial charge in [-0.05, 0) is 50.3 Å². The fraction of sp³-hybridized carbons (Fsp3) is 0.667. The number of nitrogens with one attached hydrogen (secondary N) is 2. The van der Waals surface area contributed by atoms with Gasteiger partial charge < -0.3 is 20.4 Å². The number of halogens is 2. The molecular weight excluding hydrogens is 360 g/mol. The van der Waals surface area contributed by atoms with Crippen molar-refractivity contribution in [3.63, 3.8) is 0 Å². The number of hydrogen-bond donors (Lipinski definition) is 2. The van der Waals surface area contributed by atoms with Gasteiger partial charge in [0.1, 0.15) is 0 Å². The summed E-state index contributed by atoms with van der Waals surface area (Å²) >= 11 is 0. The van der Waals surface area contributed by atoms with E-state index < -0.39 is 11.6 Å². The first-order chi connectivity index (χ1) is 13.6. The summed E-state index contributed by atoms with van der Waals surface area (Å²) in [5.74, 6) is -0.261. The Hall–Kier alpha value is -1.89. The highest BCUT2D eigenvalue weighted by Crippen LogP contribution is 2.25. The van der Waals surface area contributed by atoms with E-state index in [9.17, 15) is 8.78 Å². The van der Waals surface area contributed by atoms with E-state index in [4.69, 9.17) is 0 Å². The van der Waals surface area contributed by atoms with Crippen molar-refractivity contribution >= 4 is 11.6 Å². The number of rotatable bonds is 6. The molecule has 1 unspecified atom stereocenters. The van der Waals surface area contributed by atoms with E-state index in [1.54, 1.807) is 6.07 Å². The van der Waals surface area contributed by atoms with Gasteiger partial charge >= 0.3 is 0 Å². The van der Waals surface area contributed by atoms with Crippen LogP contribution in [0.1, 0.15) is 32.6 Å². The summed E-state index contributed by atoms with van der Waals surface area (Å²) in [6.45, 7) is 8.24. The van der Waals surface area contributed by atoms with E-state index in [1.807, 2.05) is 7.05 Å². The third kappa shape index (κ3) is 5.56. The molecule has 0 aromatic heterocycles. The topological polar surface area (TPSA) is 42.9 Å². The van der Waals surface area contributed by atoms with Gasteiger partial charge in [0.05, 0.1) is 0 Å². The number of benzene rings is 1. The molecule has 5 nitrogen and oxygen atoms in total. The fourth-order valence-corrected chi connectivity index (χ4v) is 4.16. The van der Waals surface area contributed by atoms with Crippen LogP contribution in [0.25, 0.3) is 0 Å². The maximum Gasteiger partial charge on any atom is 0.191 e. The van der Waals surface area contributed by atoms with Gasteiger partial charge in [-0.1, -0.05) is 6.92 Å². The third-order valence-corrected chi connectivity index (χ3v) is 5.80. The van der Waals surface area contributed by atoms with E-state index in [1.165, 1.54) is 25.1 Å². The summed E-state index contributed by atoms with van der Waals surface area (Å²) in [6.07, 6.45) is 4.53. The number of hydrogen-bond acceptors (Lipinski definition) is 3. The minimum atomic E-state index is -0.795. The smallest absolute Gasteiger partial charge is 0.191 e. The number of guanidine groups is 1. The molecule has 2 N–H and O–H groups in total. The second kappa shape index (κ2) is 10.0. The van der Waals surface area contributed by atoms with Crippen LogP contribution in [0.2, 0.25) is 0 Å². The summed E-state index contributed by atoms with van der Waals surface area (Å²) < 4.78 is 26.6. The highest BCUT2D eigenvalue weighted by molar-refractivity contribution is 5.80. The quantitative estimate of drug-likeness (QED) is 0.576. The number of nitrogens with zero attached hydrogens (tertiary/aromatic N) is 3. The average molecular weight is 394 g/mol. The molecule has 0 amide bonds. The number of likely N-dealkylation sites (tertiary alicyclic amines) is 1. The Bertz CT molecular complexity index is 658. The maximum atomic E-state index is 13.5. The van der Waals surface area contributed by atoms with Crippen LogP contribution in [0.4, 0.5) is 14.5 Å². The Labute approximate surface area is 167 Å². The van der Waals surface area contributed by atoms with Gasteiger partial charge in [-0.2, -0.15) is 0 Å². The average Bonchev–Trinajstić information content (AvgIpc) is 3.18. The molecule has 7 heteroatoms. The summed E-state index contributed by atoms with van der Waals surface area (Å²) in [7, 11) is 1.81. The van der Waals surface area contributed by atoms with Gasteiger partial charge in [0.25, 0.3) is 0 Å². The van der Waals surface area contributed by atoms with Gasteiger partial charge in [-0.3, -0.25) is 4.99 Å². The van der Waals surface area contributed by atoms with E-state index in [2.05, 4.69) is 32.3 Å². The minimum Gasteiger partial charge on any atom is -0.371 e. The zero-order valence-electron chi connectivity index (χ0n) is 17.1. The lowest BCUT2D eigenvalue weighted by Crippen LogP contribution is -2.49. The predicted molar refractivity (Wildman–Crippen MR) is 111 cm³/mol.